The lowest BCUT2D eigenvalue weighted by Crippen LogP contribution is -2.32. The first-order chi connectivity index (χ1) is 9.90. The molecule has 118 valence electrons. The third-order valence-corrected chi connectivity index (χ3v) is 4.45. The highest BCUT2D eigenvalue weighted by molar-refractivity contribution is 7.91. The van der Waals surface area contributed by atoms with Crippen LogP contribution in [0, 0.1) is 0 Å². The maximum Gasteiger partial charge on any atom is 0.179 e. The Labute approximate surface area is 122 Å². The Hall–Kier alpha value is -1.68. The second-order valence-electron chi connectivity index (χ2n) is 4.37. The molecule has 8 nitrogen and oxygen atoms in total. The van der Waals surface area contributed by atoms with Crippen LogP contribution in [-0.2, 0) is 9.84 Å². The van der Waals surface area contributed by atoms with Crippen LogP contribution in [-0.4, -0.2) is 61.2 Å². The van der Waals surface area contributed by atoms with Crippen LogP contribution in [0.1, 0.15) is 5.56 Å². The molecule has 1 aromatic carbocycles. The van der Waals surface area contributed by atoms with Crippen molar-refractivity contribution >= 4 is 15.7 Å². The van der Waals surface area contributed by atoms with Crippen molar-refractivity contribution < 1.29 is 23.8 Å². The minimum absolute atomic E-state index is 0.0658. The van der Waals surface area contributed by atoms with Crippen molar-refractivity contribution in [1.29, 1.82) is 0 Å². The van der Waals surface area contributed by atoms with Gasteiger partial charge in [0.25, 0.3) is 0 Å². The summed E-state index contributed by atoms with van der Waals surface area (Å²) in [6, 6.07) is 5.78. The molecule has 1 atom stereocenters. The maximum absolute atomic E-state index is 12.1. The predicted octanol–water partition coefficient (Wildman–Crippen LogP) is -1.50. The summed E-state index contributed by atoms with van der Waals surface area (Å²) < 4.78 is 24.2. The number of oxime groups is 1. The molecule has 0 heterocycles. The van der Waals surface area contributed by atoms with Gasteiger partial charge in [0.05, 0.1) is 23.4 Å². The van der Waals surface area contributed by atoms with Crippen LogP contribution in [0.5, 0.6) is 0 Å². The lowest BCUT2D eigenvalue weighted by molar-refractivity contribution is 0.0950. The fourth-order valence-corrected chi connectivity index (χ4v) is 2.81. The van der Waals surface area contributed by atoms with Crippen molar-refractivity contribution in [2.75, 3.05) is 25.4 Å². The number of nitrogens with zero attached hydrogens (tertiary/aromatic N) is 1. The highest BCUT2D eigenvalue weighted by Crippen LogP contribution is 2.13. The van der Waals surface area contributed by atoms with Gasteiger partial charge in [-0.1, -0.05) is 17.3 Å². The summed E-state index contributed by atoms with van der Waals surface area (Å²) in [5, 5.41) is 31.9. The Balaban J connectivity index is 2.70. The van der Waals surface area contributed by atoms with E-state index in [1.807, 2.05) is 0 Å². The van der Waals surface area contributed by atoms with Gasteiger partial charge in [0, 0.05) is 18.7 Å². The van der Waals surface area contributed by atoms with Crippen LogP contribution >= 0.6 is 0 Å². The Morgan fingerprint density at radius 2 is 2.14 bits per heavy atom. The lowest BCUT2D eigenvalue weighted by atomic mass is 10.2. The summed E-state index contributed by atoms with van der Waals surface area (Å²) in [6.07, 6.45) is -0.920. The number of hydrogen-bond acceptors (Lipinski definition) is 7. The monoisotopic (exact) mass is 317 g/mol. The molecule has 0 radical (unpaired) electrons. The molecular formula is C12H19N3O5S. The molecule has 0 amide bonds. The van der Waals surface area contributed by atoms with Crippen LogP contribution in [0.4, 0.5) is 0 Å². The van der Waals surface area contributed by atoms with Crippen molar-refractivity contribution in [3.05, 3.63) is 29.8 Å². The SMILES string of the molecule is N/C(=N/O)c1cccc(S(=O)(=O)CCNCC(O)CO)c1. The Morgan fingerprint density at radius 1 is 1.43 bits per heavy atom. The molecule has 0 aliphatic rings. The minimum atomic E-state index is -3.53. The summed E-state index contributed by atoms with van der Waals surface area (Å²) in [5.74, 6) is -0.346. The quantitative estimate of drug-likeness (QED) is 0.129. The summed E-state index contributed by atoms with van der Waals surface area (Å²) in [5.41, 5.74) is 5.73. The van der Waals surface area contributed by atoms with E-state index in [-0.39, 0.29) is 36.2 Å². The van der Waals surface area contributed by atoms with E-state index in [0.717, 1.165) is 0 Å². The molecule has 1 rings (SSSR count). The normalized spacial score (nSPS) is 14.1. The summed E-state index contributed by atoms with van der Waals surface area (Å²) >= 11 is 0. The van der Waals surface area contributed by atoms with Crippen LogP contribution in [0.25, 0.3) is 0 Å². The van der Waals surface area contributed by atoms with Crippen molar-refractivity contribution in [2.45, 2.75) is 11.0 Å². The van der Waals surface area contributed by atoms with Gasteiger partial charge in [-0.15, -0.1) is 0 Å². The Bertz CT molecular complexity index is 588. The van der Waals surface area contributed by atoms with Crippen molar-refractivity contribution in [1.82, 2.24) is 5.32 Å². The number of amidine groups is 1. The molecule has 0 bridgehead atoms. The zero-order valence-corrected chi connectivity index (χ0v) is 12.1. The number of aliphatic hydroxyl groups is 2. The highest BCUT2D eigenvalue weighted by atomic mass is 32.2. The van der Waals surface area contributed by atoms with E-state index in [9.17, 15) is 8.42 Å². The number of sulfone groups is 1. The van der Waals surface area contributed by atoms with E-state index in [1.165, 1.54) is 24.3 Å². The average molecular weight is 317 g/mol. The van der Waals surface area contributed by atoms with Gasteiger partial charge in [-0.05, 0) is 12.1 Å². The number of hydrogen-bond donors (Lipinski definition) is 5. The molecule has 0 aliphatic carbocycles. The van der Waals surface area contributed by atoms with E-state index < -0.39 is 15.9 Å². The van der Waals surface area contributed by atoms with E-state index in [0.29, 0.717) is 5.56 Å². The van der Waals surface area contributed by atoms with Gasteiger partial charge < -0.3 is 26.5 Å². The van der Waals surface area contributed by atoms with Crippen LogP contribution in [0.3, 0.4) is 0 Å². The third kappa shape index (κ3) is 5.31. The van der Waals surface area contributed by atoms with Crippen LogP contribution < -0.4 is 11.1 Å². The number of nitrogens with two attached hydrogens (primary N) is 1. The zero-order chi connectivity index (χ0) is 15.9. The van der Waals surface area contributed by atoms with Gasteiger partial charge >= 0.3 is 0 Å². The Kier molecular flexibility index (Phi) is 6.56. The van der Waals surface area contributed by atoms with Gasteiger partial charge in [0.2, 0.25) is 0 Å². The van der Waals surface area contributed by atoms with Crippen molar-refractivity contribution in [3.63, 3.8) is 0 Å². The second kappa shape index (κ2) is 7.93. The van der Waals surface area contributed by atoms with Crippen molar-refractivity contribution in [2.24, 2.45) is 10.9 Å². The fourth-order valence-electron chi connectivity index (χ4n) is 1.56. The third-order valence-electron chi connectivity index (χ3n) is 2.73. The molecule has 0 spiro atoms. The number of rotatable bonds is 8. The number of aliphatic hydroxyl groups excluding tert-OH is 2. The number of benzene rings is 1. The molecule has 0 saturated heterocycles. The smallest absolute Gasteiger partial charge is 0.179 e. The van der Waals surface area contributed by atoms with Gasteiger partial charge in [0.1, 0.15) is 0 Å². The number of nitrogens with one attached hydrogen (secondary N) is 1. The topological polar surface area (TPSA) is 145 Å². The first kappa shape index (κ1) is 17.4. The Morgan fingerprint density at radius 3 is 2.76 bits per heavy atom. The molecule has 21 heavy (non-hydrogen) atoms. The molecule has 0 saturated carbocycles. The van der Waals surface area contributed by atoms with Gasteiger partial charge in [0.15, 0.2) is 15.7 Å². The maximum atomic E-state index is 12.1. The van der Waals surface area contributed by atoms with Crippen molar-refractivity contribution in [3.8, 4) is 0 Å². The molecule has 1 unspecified atom stereocenters. The minimum Gasteiger partial charge on any atom is -0.409 e. The van der Waals surface area contributed by atoms with Gasteiger partial charge in [-0.25, -0.2) is 8.42 Å². The molecule has 9 heteroatoms. The van der Waals surface area contributed by atoms with E-state index in [1.54, 1.807) is 0 Å². The molecule has 0 aliphatic heterocycles. The zero-order valence-electron chi connectivity index (χ0n) is 11.3. The predicted molar refractivity (Wildman–Crippen MR) is 77.0 cm³/mol. The molecule has 6 N–H and O–H groups in total. The van der Waals surface area contributed by atoms with E-state index in [2.05, 4.69) is 10.5 Å². The summed E-state index contributed by atoms with van der Waals surface area (Å²) in [4.78, 5) is 0.0658. The second-order valence-corrected chi connectivity index (χ2v) is 6.48. The lowest BCUT2D eigenvalue weighted by Gasteiger charge is -2.10. The first-order valence-corrected chi connectivity index (χ1v) is 7.86. The molecule has 0 aromatic heterocycles. The van der Waals surface area contributed by atoms with Crippen LogP contribution in [0.15, 0.2) is 34.3 Å². The average Bonchev–Trinajstić information content (AvgIpc) is 2.50. The standard InChI is InChI=1S/C12H19N3O5S/c13-12(15-18)9-2-1-3-11(6-9)21(19,20)5-4-14-7-10(17)8-16/h1-3,6,10,14,16-18H,4-5,7-8H2,(H2,13,15). The highest BCUT2D eigenvalue weighted by Gasteiger charge is 2.15. The molecule has 0 fully saturated rings. The largest absolute Gasteiger partial charge is 0.409 e. The first-order valence-electron chi connectivity index (χ1n) is 6.21. The van der Waals surface area contributed by atoms with Gasteiger partial charge in [-0.2, -0.15) is 0 Å². The van der Waals surface area contributed by atoms with E-state index >= 15 is 0 Å². The molecule has 1 aromatic rings. The van der Waals surface area contributed by atoms with E-state index in [4.69, 9.17) is 21.2 Å². The van der Waals surface area contributed by atoms with Crippen LogP contribution in [0.2, 0.25) is 0 Å². The summed E-state index contributed by atoms with van der Waals surface area (Å²) in [7, 11) is -3.53. The summed E-state index contributed by atoms with van der Waals surface area (Å²) in [6.45, 7) is -0.148. The van der Waals surface area contributed by atoms with Gasteiger partial charge in [-0.3, -0.25) is 0 Å². The fraction of sp³-hybridized carbons (Fsp3) is 0.417. The molecular weight excluding hydrogens is 298 g/mol.